The molecule has 0 bridgehead atoms. The molecule has 1 nitrogen and oxygen atoms in total. The van der Waals surface area contributed by atoms with Gasteiger partial charge in [-0.2, -0.15) is 0 Å². The highest BCUT2D eigenvalue weighted by atomic mass is 15.1. The minimum absolute atomic E-state index is 0.722. The van der Waals surface area contributed by atoms with Crippen molar-refractivity contribution in [3.05, 3.63) is 151 Å². The normalized spacial score (nSPS) is 14.7. The van der Waals surface area contributed by atoms with Crippen molar-refractivity contribution in [2.75, 3.05) is 4.90 Å². The molecular weight excluding hydrogens is 555 g/mol. The highest BCUT2D eigenvalue weighted by molar-refractivity contribution is 5.89. The van der Waals surface area contributed by atoms with Crippen LogP contribution in [0.4, 0.5) is 17.1 Å². The summed E-state index contributed by atoms with van der Waals surface area (Å²) in [4.78, 5) is 2.34. The summed E-state index contributed by atoms with van der Waals surface area (Å²) in [5.41, 5.74) is 11.8. The Morgan fingerprint density at radius 3 is 1.91 bits per heavy atom. The lowest BCUT2D eigenvalue weighted by atomic mass is 9.85. The highest BCUT2D eigenvalue weighted by Gasteiger charge is 2.25. The summed E-state index contributed by atoms with van der Waals surface area (Å²) in [6.45, 7) is 4.70. The number of nitrogens with zero attached hydrogens (tertiary/aromatic N) is 1. The van der Waals surface area contributed by atoms with Gasteiger partial charge in [0.15, 0.2) is 0 Å². The van der Waals surface area contributed by atoms with E-state index in [2.05, 4.69) is 158 Å². The second-order valence-electron chi connectivity index (χ2n) is 13.1. The monoisotopic (exact) mass is 599 g/mol. The van der Waals surface area contributed by atoms with Gasteiger partial charge in [0.2, 0.25) is 0 Å². The molecule has 6 aromatic carbocycles. The molecule has 7 rings (SSSR count). The van der Waals surface area contributed by atoms with Crippen LogP contribution in [0.2, 0.25) is 0 Å². The number of aryl methyl sites for hydroxylation is 1. The van der Waals surface area contributed by atoms with Gasteiger partial charge in [-0.1, -0.05) is 143 Å². The van der Waals surface area contributed by atoms with Crippen molar-refractivity contribution in [3.8, 4) is 22.3 Å². The lowest BCUT2D eigenvalue weighted by molar-refractivity contribution is 0.384. The van der Waals surface area contributed by atoms with Gasteiger partial charge in [0, 0.05) is 17.1 Å². The van der Waals surface area contributed by atoms with E-state index < -0.39 is 0 Å². The van der Waals surface area contributed by atoms with Crippen LogP contribution in [0.15, 0.2) is 140 Å². The van der Waals surface area contributed by atoms with Crippen LogP contribution in [-0.4, -0.2) is 0 Å². The first-order chi connectivity index (χ1) is 22.7. The van der Waals surface area contributed by atoms with E-state index in [9.17, 15) is 0 Å². The van der Waals surface area contributed by atoms with Crippen molar-refractivity contribution >= 4 is 27.8 Å². The molecule has 0 N–H and O–H groups in total. The third kappa shape index (κ3) is 6.38. The number of rotatable bonds is 11. The van der Waals surface area contributed by atoms with Crippen molar-refractivity contribution in [2.45, 2.75) is 64.7 Å². The average molecular weight is 600 g/mol. The molecule has 230 valence electrons. The number of anilines is 3. The molecule has 6 aromatic rings. The zero-order valence-electron chi connectivity index (χ0n) is 27.3. The highest BCUT2D eigenvalue weighted by Crippen LogP contribution is 2.41. The summed E-state index contributed by atoms with van der Waals surface area (Å²) in [5, 5.41) is 2.50. The first-order valence-electron chi connectivity index (χ1n) is 17.4. The van der Waals surface area contributed by atoms with Gasteiger partial charge in [-0.05, 0) is 112 Å². The average Bonchev–Trinajstić information content (AvgIpc) is 3.52. The Hall–Kier alpha value is -4.62. The number of hydrogen-bond donors (Lipinski definition) is 0. The third-order valence-corrected chi connectivity index (χ3v) is 10.2. The number of hydrogen-bond acceptors (Lipinski definition) is 1. The summed E-state index contributed by atoms with van der Waals surface area (Å²) < 4.78 is 0. The molecule has 0 heterocycles. The first-order valence-corrected chi connectivity index (χ1v) is 17.4. The van der Waals surface area contributed by atoms with E-state index in [4.69, 9.17) is 0 Å². The summed E-state index contributed by atoms with van der Waals surface area (Å²) in [7, 11) is 0. The maximum atomic E-state index is 2.51. The number of fused-ring (bicyclic) bond motifs is 2. The maximum absolute atomic E-state index is 2.51. The van der Waals surface area contributed by atoms with E-state index in [0.29, 0.717) is 0 Å². The molecule has 2 unspecified atom stereocenters. The van der Waals surface area contributed by atoms with Crippen molar-refractivity contribution in [1.29, 1.82) is 0 Å². The number of para-hydroxylation sites is 1. The second-order valence-corrected chi connectivity index (χ2v) is 13.1. The van der Waals surface area contributed by atoms with Gasteiger partial charge >= 0.3 is 0 Å². The van der Waals surface area contributed by atoms with Crippen LogP contribution < -0.4 is 4.90 Å². The Labute approximate surface area is 275 Å². The van der Waals surface area contributed by atoms with Gasteiger partial charge in [-0.3, -0.25) is 0 Å². The quantitative estimate of drug-likeness (QED) is 0.143. The van der Waals surface area contributed by atoms with Crippen molar-refractivity contribution in [3.63, 3.8) is 0 Å². The SMILES string of the molecule is CCCCC(CC)CC1CCc2ccc(-c3ccc(-c4ccc(N(c5ccccc5)c5ccc6ccccc6c5)cc4)cc3)cc21. The van der Waals surface area contributed by atoms with E-state index in [1.807, 2.05) is 0 Å². The molecule has 1 aliphatic carbocycles. The molecule has 0 saturated heterocycles. The van der Waals surface area contributed by atoms with Crippen LogP contribution in [0, 0.1) is 5.92 Å². The fourth-order valence-electron chi connectivity index (χ4n) is 7.49. The van der Waals surface area contributed by atoms with E-state index in [1.165, 1.54) is 78.0 Å². The minimum Gasteiger partial charge on any atom is -0.310 e. The fourth-order valence-corrected chi connectivity index (χ4v) is 7.49. The number of unbranched alkanes of at least 4 members (excludes halogenated alkanes) is 1. The fraction of sp³-hybridized carbons (Fsp3) is 0.244. The predicted octanol–water partition coefficient (Wildman–Crippen LogP) is 13.3. The van der Waals surface area contributed by atoms with Crippen LogP contribution >= 0.6 is 0 Å². The van der Waals surface area contributed by atoms with Gasteiger partial charge < -0.3 is 4.90 Å². The van der Waals surface area contributed by atoms with Crippen LogP contribution in [-0.2, 0) is 6.42 Å². The second kappa shape index (κ2) is 13.8. The van der Waals surface area contributed by atoms with Crippen LogP contribution in [0.5, 0.6) is 0 Å². The molecule has 0 aliphatic heterocycles. The van der Waals surface area contributed by atoms with E-state index in [-0.39, 0.29) is 0 Å². The molecule has 0 fully saturated rings. The molecular formula is C45H45N. The van der Waals surface area contributed by atoms with Crippen LogP contribution in [0.25, 0.3) is 33.0 Å². The first kappa shape index (κ1) is 30.1. The standard InChI is InChI=1S/C45H45N/c1-3-5-11-33(4-2)30-41-23-21-38-20-22-40(32-45(38)41)37-18-16-35(17-19-37)36-24-27-43(28-25-36)46(42-14-7-6-8-15-42)44-29-26-34-12-9-10-13-39(34)31-44/h6-10,12-20,22,24-29,31-33,41H,3-5,11,21,23,30H2,1-2H3. The Balaban J connectivity index is 1.12. The Morgan fingerprint density at radius 2 is 1.20 bits per heavy atom. The lowest BCUT2D eigenvalue weighted by Crippen LogP contribution is -2.09. The van der Waals surface area contributed by atoms with Gasteiger partial charge in [0.1, 0.15) is 0 Å². The van der Waals surface area contributed by atoms with Crippen molar-refractivity contribution < 1.29 is 0 Å². The molecule has 1 heteroatoms. The van der Waals surface area contributed by atoms with Gasteiger partial charge in [-0.15, -0.1) is 0 Å². The molecule has 2 atom stereocenters. The van der Waals surface area contributed by atoms with Crippen LogP contribution in [0.3, 0.4) is 0 Å². The molecule has 0 saturated carbocycles. The van der Waals surface area contributed by atoms with E-state index >= 15 is 0 Å². The Morgan fingerprint density at radius 1 is 0.587 bits per heavy atom. The third-order valence-electron chi connectivity index (χ3n) is 10.2. The molecule has 0 radical (unpaired) electrons. The van der Waals surface area contributed by atoms with Gasteiger partial charge in [0.25, 0.3) is 0 Å². The summed E-state index contributed by atoms with van der Waals surface area (Å²) in [5.74, 6) is 1.58. The molecule has 0 aromatic heterocycles. The van der Waals surface area contributed by atoms with Gasteiger partial charge in [0.05, 0.1) is 0 Å². The topological polar surface area (TPSA) is 3.24 Å². The van der Waals surface area contributed by atoms with Crippen molar-refractivity contribution in [1.82, 2.24) is 0 Å². The van der Waals surface area contributed by atoms with Crippen LogP contribution in [0.1, 0.15) is 69.4 Å². The molecule has 1 aliphatic rings. The Bertz CT molecular complexity index is 1890. The summed E-state index contributed by atoms with van der Waals surface area (Å²) >= 11 is 0. The molecule has 46 heavy (non-hydrogen) atoms. The molecule has 0 amide bonds. The van der Waals surface area contributed by atoms with E-state index in [1.54, 1.807) is 11.1 Å². The molecule has 0 spiro atoms. The zero-order valence-corrected chi connectivity index (χ0v) is 27.3. The Kier molecular flexibility index (Phi) is 9.01. The maximum Gasteiger partial charge on any atom is 0.0468 e. The van der Waals surface area contributed by atoms with Crippen molar-refractivity contribution in [2.24, 2.45) is 5.92 Å². The predicted molar refractivity (Wildman–Crippen MR) is 198 cm³/mol. The lowest BCUT2D eigenvalue weighted by Gasteiger charge is -2.26. The minimum atomic E-state index is 0.722. The van der Waals surface area contributed by atoms with Gasteiger partial charge in [-0.25, -0.2) is 0 Å². The van der Waals surface area contributed by atoms with E-state index in [0.717, 1.165) is 28.9 Å². The zero-order chi connectivity index (χ0) is 31.3. The number of benzene rings is 6. The summed E-state index contributed by atoms with van der Waals surface area (Å²) in [6, 6.07) is 51.3. The summed E-state index contributed by atoms with van der Waals surface area (Å²) in [6.07, 6.45) is 9.27. The largest absolute Gasteiger partial charge is 0.310 e. The smallest absolute Gasteiger partial charge is 0.0468 e.